The summed E-state index contributed by atoms with van der Waals surface area (Å²) in [6, 6.07) is 20.6. The number of carbonyl (C=O) groups is 3. The Balaban J connectivity index is 1.58. The maximum absolute atomic E-state index is 13.3. The van der Waals surface area contributed by atoms with Gasteiger partial charge in [-0.2, -0.15) is 0 Å². The molecule has 2 unspecified atom stereocenters. The topological polar surface area (TPSA) is 97.0 Å². The van der Waals surface area contributed by atoms with Gasteiger partial charge in [-0.05, 0) is 68.3 Å². The van der Waals surface area contributed by atoms with Gasteiger partial charge in [-0.3, -0.25) is 14.5 Å². The van der Waals surface area contributed by atoms with Crippen molar-refractivity contribution in [3.63, 3.8) is 0 Å². The zero-order valence-corrected chi connectivity index (χ0v) is 21.4. The molecule has 1 aliphatic rings. The molecule has 0 spiro atoms. The summed E-state index contributed by atoms with van der Waals surface area (Å²) in [6.07, 6.45) is -1.41. The molecule has 1 saturated heterocycles. The molecule has 37 heavy (non-hydrogen) atoms. The van der Waals surface area contributed by atoms with E-state index < -0.39 is 18.2 Å². The Hall–Kier alpha value is -4.33. The number of carbonyl (C=O) groups excluding carboxylic acids is 3. The summed E-state index contributed by atoms with van der Waals surface area (Å²) >= 11 is 0. The Morgan fingerprint density at radius 2 is 1.73 bits per heavy atom. The van der Waals surface area contributed by atoms with Crippen LogP contribution >= 0.6 is 0 Å². The Bertz CT molecular complexity index is 1270. The second-order valence-corrected chi connectivity index (χ2v) is 9.33. The molecule has 0 aromatic heterocycles. The van der Waals surface area contributed by atoms with Crippen LogP contribution in [0.25, 0.3) is 0 Å². The van der Waals surface area contributed by atoms with Gasteiger partial charge >= 0.3 is 6.09 Å². The van der Waals surface area contributed by atoms with Crippen molar-refractivity contribution in [2.75, 3.05) is 12.4 Å². The van der Waals surface area contributed by atoms with Crippen molar-refractivity contribution < 1.29 is 23.9 Å². The number of aryl methyl sites for hydroxylation is 1. The molecule has 0 aliphatic carbocycles. The Morgan fingerprint density at radius 3 is 2.38 bits per heavy atom. The summed E-state index contributed by atoms with van der Waals surface area (Å²) < 4.78 is 10.9. The van der Waals surface area contributed by atoms with Gasteiger partial charge in [0, 0.05) is 17.3 Å². The lowest BCUT2D eigenvalue weighted by Gasteiger charge is -2.25. The van der Waals surface area contributed by atoms with E-state index in [0.29, 0.717) is 22.6 Å². The largest absolute Gasteiger partial charge is 0.497 e. The molecule has 2 atom stereocenters. The Labute approximate surface area is 216 Å². The van der Waals surface area contributed by atoms with Gasteiger partial charge in [0.15, 0.2) is 12.1 Å². The summed E-state index contributed by atoms with van der Waals surface area (Å²) in [5.74, 6) is 0.0615. The van der Waals surface area contributed by atoms with E-state index in [0.717, 1.165) is 11.1 Å². The highest BCUT2D eigenvalue weighted by molar-refractivity contribution is 6.04. The SMILES string of the molecule is COc1ccc(C(=O)Nc2cccc(C3OC(=O)N(Cc4ccc(C)cc4)C3C(=O)NC(C)C)c2)cc1. The molecule has 1 aliphatic heterocycles. The number of ether oxygens (including phenoxy) is 2. The molecule has 3 amide bonds. The van der Waals surface area contributed by atoms with E-state index >= 15 is 0 Å². The summed E-state index contributed by atoms with van der Waals surface area (Å²) in [5.41, 5.74) is 3.60. The van der Waals surface area contributed by atoms with Crippen LogP contribution in [0.3, 0.4) is 0 Å². The molecular weight excluding hydrogens is 470 g/mol. The third kappa shape index (κ3) is 6.09. The molecule has 0 bridgehead atoms. The first-order valence-electron chi connectivity index (χ1n) is 12.1. The highest BCUT2D eigenvalue weighted by Gasteiger charge is 2.47. The van der Waals surface area contributed by atoms with Crippen LogP contribution < -0.4 is 15.4 Å². The van der Waals surface area contributed by atoms with Crippen molar-refractivity contribution >= 4 is 23.6 Å². The molecule has 2 N–H and O–H groups in total. The number of anilines is 1. The number of hydrogen-bond donors (Lipinski definition) is 2. The normalized spacial score (nSPS) is 16.9. The first kappa shape index (κ1) is 25.8. The van der Waals surface area contributed by atoms with Crippen molar-refractivity contribution in [3.05, 3.63) is 95.1 Å². The van der Waals surface area contributed by atoms with Gasteiger partial charge in [-0.25, -0.2) is 4.79 Å². The molecule has 0 radical (unpaired) electrons. The molecule has 8 nitrogen and oxygen atoms in total. The molecule has 1 fully saturated rings. The van der Waals surface area contributed by atoms with Gasteiger partial charge in [0.2, 0.25) is 5.91 Å². The number of amides is 3. The molecule has 3 aromatic carbocycles. The number of benzene rings is 3. The highest BCUT2D eigenvalue weighted by atomic mass is 16.6. The fourth-order valence-corrected chi connectivity index (χ4v) is 4.21. The quantitative estimate of drug-likeness (QED) is 0.460. The van der Waals surface area contributed by atoms with E-state index in [1.807, 2.05) is 45.0 Å². The van der Waals surface area contributed by atoms with E-state index in [2.05, 4.69) is 10.6 Å². The van der Waals surface area contributed by atoms with Crippen molar-refractivity contribution in [1.29, 1.82) is 0 Å². The van der Waals surface area contributed by atoms with Gasteiger partial charge in [0.1, 0.15) is 5.75 Å². The zero-order valence-electron chi connectivity index (χ0n) is 21.4. The molecule has 0 saturated carbocycles. The summed E-state index contributed by atoms with van der Waals surface area (Å²) in [5, 5.41) is 5.78. The molecule has 1 heterocycles. The average Bonchev–Trinajstić information content (AvgIpc) is 3.21. The summed E-state index contributed by atoms with van der Waals surface area (Å²) in [7, 11) is 1.56. The van der Waals surface area contributed by atoms with E-state index in [1.54, 1.807) is 55.6 Å². The number of rotatable bonds is 8. The fraction of sp³-hybridized carbons (Fsp3) is 0.276. The third-order valence-electron chi connectivity index (χ3n) is 6.08. The van der Waals surface area contributed by atoms with Crippen LogP contribution in [0.1, 0.15) is 47.0 Å². The molecular formula is C29H31N3O5. The van der Waals surface area contributed by atoms with Crippen LogP contribution in [-0.4, -0.2) is 42.0 Å². The first-order valence-corrected chi connectivity index (χ1v) is 12.1. The first-order chi connectivity index (χ1) is 17.7. The number of nitrogens with zero attached hydrogens (tertiary/aromatic N) is 1. The van der Waals surface area contributed by atoms with Gasteiger partial charge in [0.25, 0.3) is 5.91 Å². The number of hydrogen-bond acceptors (Lipinski definition) is 5. The van der Waals surface area contributed by atoms with Crippen molar-refractivity contribution in [3.8, 4) is 5.75 Å². The van der Waals surface area contributed by atoms with Gasteiger partial charge < -0.3 is 20.1 Å². The minimum atomic E-state index is -0.872. The van der Waals surface area contributed by atoms with Crippen molar-refractivity contribution in [2.45, 2.75) is 45.5 Å². The van der Waals surface area contributed by atoms with E-state index in [9.17, 15) is 14.4 Å². The second-order valence-electron chi connectivity index (χ2n) is 9.33. The van der Waals surface area contributed by atoms with Crippen LogP contribution in [0.15, 0.2) is 72.8 Å². The smallest absolute Gasteiger partial charge is 0.411 e. The summed E-state index contributed by atoms with van der Waals surface area (Å²) in [6.45, 7) is 5.96. The van der Waals surface area contributed by atoms with Gasteiger partial charge in [-0.1, -0.05) is 42.0 Å². The number of methoxy groups -OCH3 is 1. The van der Waals surface area contributed by atoms with Crippen LogP contribution in [0.4, 0.5) is 10.5 Å². The monoisotopic (exact) mass is 501 g/mol. The van der Waals surface area contributed by atoms with Crippen molar-refractivity contribution in [1.82, 2.24) is 10.2 Å². The molecule has 4 rings (SSSR count). The van der Waals surface area contributed by atoms with Gasteiger partial charge in [0.05, 0.1) is 13.7 Å². The average molecular weight is 502 g/mol. The van der Waals surface area contributed by atoms with E-state index in [1.165, 1.54) is 4.90 Å². The predicted octanol–water partition coefficient (Wildman–Crippen LogP) is 4.84. The lowest BCUT2D eigenvalue weighted by Crippen LogP contribution is -2.48. The lowest BCUT2D eigenvalue weighted by molar-refractivity contribution is -0.126. The molecule has 8 heteroatoms. The molecule has 192 valence electrons. The Morgan fingerprint density at radius 1 is 1.03 bits per heavy atom. The van der Waals surface area contributed by atoms with Crippen LogP contribution in [0.5, 0.6) is 5.75 Å². The third-order valence-corrected chi connectivity index (χ3v) is 6.08. The van der Waals surface area contributed by atoms with Crippen molar-refractivity contribution in [2.24, 2.45) is 0 Å². The highest BCUT2D eigenvalue weighted by Crippen LogP contribution is 2.35. The minimum Gasteiger partial charge on any atom is -0.497 e. The lowest BCUT2D eigenvalue weighted by atomic mass is 9.99. The maximum atomic E-state index is 13.3. The number of nitrogens with one attached hydrogen (secondary N) is 2. The number of cyclic esters (lactones) is 1. The fourth-order valence-electron chi connectivity index (χ4n) is 4.21. The maximum Gasteiger partial charge on any atom is 0.411 e. The minimum absolute atomic E-state index is 0.111. The standard InChI is InChI=1S/C29H31N3O5/c1-18(2)30-28(34)25-26(37-29(35)32(25)17-20-10-8-19(3)9-11-20)22-6-5-7-23(16-22)31-27(33)21-12-14-24(36-4)15-13-21/h5-16,18,25-26H,17H2,1-4H3,(H,30,34)(H,31,33). The zero-order chi connectivity index (χ0) is 26.5. The molecule has 3 aromatic rings. The van der Waals surface area contributed by atoms with Crippen LogP contribution in [-0.2, 0) is 16.1 Å². The predicted molar refractivity (Wildman–Crippen MR) is 140 cm³/mol. The van der Waals surface area contributed by atoms with E-state index in [4.69, 9.17) is 9.47 Å². The van der Waals surface area contributed by atoms with E-state index in [-0.39, 0.29) is 24.4 Å². The van der Waals surface area contributed by atoms with Gasteiger partial charge in [-0.15, -0.1) is 0 Å². The van der Waals surface area contributed by atoms with Crippen LogP contribution in [0.2, 0.25) is 0 Å². The van der Waals surface area contributed by atoms with Crippen LogP contribution in [0, 0.1) is 6.92 Å². The second kappa shape index (κ2) is 11.2. The summed E-state index contributed by atoms with van der Waals surface area (Å²) in [4.78, 5) is 40.5. The Kier molecular flexibility index (Phi) is 7.77.